The zero-order valence-electron chi connectivity index (χ0n) is 17.5. The Morgan fingerprint density at radius 2 is 2.06 bits per heavy atom. The van der Waals surface area contributed by atoms with Gasteiger partial charge in [-0.15, -0.1) is 0 Å². The number of nitrogens with one attached hydrogen (secondary N) is 2. The molecule has 0 aliphatic heterocycles. The molecule has 3 aromatic rings. The van der Waals surface area contributed by atoms with Gasteiger partial charge in [0.1, 0.15) is 22.8 Å². The monoisotopic (exact) mass is 458 g/mol. The molecule has 2 aromatic heterocycles. The number of nitrogen functional groups attached to an aromatic ring is 1. The second-order valence-corrected chi connectivity index (χ2v) is 9.36. The van der Waals surface area contributed by atoms with Crippen LogP contribution in [-0.4, -0.2) is 31.0 Å². The van der Waals surface area contributed by atoms with Gasteiger partial charge in [0.15, 0.2) is 0 Å². The van der Waals surface area contributed by atoms with Gasteiger partial charge in [-0.2, -0.15) is 10.2 Å². The zero-order valence-corrected chi connectivity index (χ0v) is 18.2. The van der Waals surface area contributed by atoms with Crippen LogP contribution in [-0.2, 0) is 12.6 Å². The van der Waals surface area contributed by atoms with Crippen molar-refractivity contribution in [2.24, 2.45) is 18.9 Å². The Morgan fingerprint density at radius 3 is 2.69 bits per heavy atom. The molecule has 0 saturated heterocycles. The third kappa shape index (κ3) is 3.45. The van der Waals surface area contributed by atoms with Gasteiger partial charge in [0.2, 0.25) is 0 Å². The van der Waals surface area contributed by atoms with Gasteiger partial charge in [-0.3, -0.25) is 14.6 Å². The Morgan fingerprint density at radius 1 is 1.34 bits per heavy atom. The van der Waals surface area contributed by atoms with Crippen LogP contribution in [0.15, 0.2) is 30.5 Å². The quantitative estimate of drug-likeness (QED) is 0.476. The molecule has 0 radical (unpaired) electrons. The first-order valence-corrected chi connectivity index (χ1v) is 10.9. The number of fused-ring (bicyclic) bond motifs is 1. The second-order valence-electron chi connectivity index (χ2n) is 8.95. The summed E-state index contributed by atoms with van der Waals surface area (Å²) in [4.78, 5) is 13.1. The Labute approximate surface area is 189 Å². The van der Waals surface area contributed by atoms with E-state index < -0.39 is 17.3 Å². The topological polar surface area (TPSA) is 122 Å². The van der Waals surface area contributed by atoms with Crippen molar-refractivity contribution in [3.05, 3.63) is 58.3 Å². The summed E-state index contributed by atoms with van der Waals surface area (Å²) >= 11 is 5.83. The number of nitrogens with zero attached hydrogens (tertiary/aromatic N) is 3. The number of hydrogen-bond acceptors (Lipinski definition) is 5. The number of amides is 1. The van der Waals surface area contributed by atoms with Crippen LogP contribution < -0.4 is 11.1 Å². The maximum atomic E-state index is 13.5. The van der Waals surface area contributed by atoms with Crippen molar-refractivity contribution in [2.75, 3.05) is 11.1 Å². The van der Waals surface area contributed by atoms with Gasteiger partial charge in [-0.25, -0.2) is 4.39 Å². The Kier molecular flexibility index (Phi) is 4.98. The van der Waals surface area contributed by atoms with Crippen molar-refractivity contribution in [1.82, 2.24) is 20.0 Å². The molecule has 32 heavy (non-hydrogen) atoms. The van der Waals surface area contributed by atoms with Gasteiger partial charge in [-0.05, 0) is 61.8 Å². The summed E-state index contributed by atoms with van der Waals surface area (Å²) in [5.74, 6) is 0.0268. The van der Waals surface area contributed by atoms with Crippen LogP contribution in [0.1, 0.15) is 53.3 Å². The van der Waals surface area contributed by atoms with E-state index in [9.17, 15) is 14.3 Å². The molecule has 2 heterocycles. The lowest BCUT2D eigenvalue weighted by molar-refractivity contribution is 0.0300. The minimum atomic E-state index is -0.887. The number of aliphatic hydroxyl groups is 1. The molecule has 168 valence electrons. The molecule has 5 N–H and O–H groups in total. The molecule has 10 heteroatoms. The van der Waals surface area contributed by atoms with Crippen molar-refractivity contribution in [1.29, 1.82) is 0 Å². The molecule has 2 atom stereocenters. The number of aromatic nitrogens is 4. The van der Waals surface area contributed by atoms with Crippen molar-refractivity contribution in [3.63, 3.8) is 0 Å². The number of aromatic amines is 1. The fourth-order valence-electron chi connectivity index (χ4n) is 5.47. The van der Waals surface area contributed by atoms with E-state index in [0.29, 0.717) is 41.6 Å². The number of carbonyl (C=O) groups excluding carboxylic acids is 1. The SMILES string of the molecule is Cn1nc(C2CC3CC(O)(c4ccn[nH]4)CC3C2)c(C(=O)Nc2ccc(F)c(Cl)c2)c1N. The third-order valence-electron chi connectivity index (χ3n) is 6.95. The highest BCUT2D eigenvalue weighted by atomic mass is 35.5. The molecule has 5 rings (SSSR count). The first-order chi connectivity index (χ1) is 15.2. The molecule has 2 aliphatic carbocycles. The predicted molar refractivity (Wildman–Crippen MR) is 118 cm³/mol. The van der Waals surface area contributed by atoms with Crippen LogP contribution in [0.2, 0.25) is 5.02 Å². The molecule has 1 aromatic carbocycles. The van der Waals surface area contributed by atoms with E-state index in [1.807, 2.05) is 6.07 Å². The van der Waals surface area contributed by atoms with E-state index in [1.165, 1.54) is 22.9 Å². The van der Waals surface area contributed by atoms with Gasteiger partial charge in [0.05, 0.1) is 16.4 Å². The van der Waals surface area contributed by atoms with Gasteiger partial charge in [0, 0.05) is 24.8 Å². The van der Waals surface area contributed by atoms with E-state index >= 15 is 0 Å². The molecule has 2 unspecified atom stereocenters. The number of rotatable bonds is 4. The molecule has 8 nitrogen and oxygen atoms in total. The minimum Gasteiger partial charge on any atom is -0.384 e. The van der Waals surface area contributed by atoms with Crippen molar-refractivity contribution >= 4 is 29.0 Å². The standard InChI is InChI=1S/C22H24ClFN6O2/c1-30-20(25)18(21(31)27-14-2-3-16(24)15(23)8-14)19(29-30)11-6-12-9-22(32,10-13(12)7-11)17-4-5-26-28-17/h2-5,8,11-13,32H,6-7,9-10,25H2,1H3,(H,26,28)(H,27,31). The van der Waals surface area contributed by atoms with Crippen LogP contribution in [0.3, 0.4) is 0 Å². The summed E-state index contributed by atoms with van der Waals surface area (Å²) in [5.41, 5.74) is 7.45. The summed E-state index contributed by atoms with van der Waals surface area (Å²) in [6.07, 6.45) is 4.59. The summed E-state index contributed by atoms with van der Waals surface area (Å²) < 4.78 is 15.0. The lowest BCUT2D eigenvalue weighted by atomic mass is 9.90. The summed E-state index contributed by atoms with van der Waals surface area (Å²) in [6, 6.07) is 5.82. The van der Waals surface area contributed by atoms with E-state index in [0.717, 1.165) is 18.5 Å². The minimum absolute atomic E-state index is 0.0670. The summed E-state index contributed by atoms with van der Waals surface area (Å²) in [7, 11) is 1.71. The second kappa shape index (κ2) is 7.60. The van der Waals surface area contributed by atoms with Crippen LogP contribution in [0, 0.1) is 17.7 Å². The fourth-order valence-corrected chi connectivity index (χ4v) is 5.65. The van der Waals surface area contributed by atoms with Crippen molar-refractivity contribution in [2.45, 2.75) is 37.2 Å². The number of nitrogens with two attached hydrogens (primary N) is 1. The Hall–Kier alpha value is -2.91. The Bertz CT molecular complexity index is 1160. The average molecular weight is 459 g/mol. The van der Waals surface area contributed by atoms with Crippen LogP contribution >= 0.6 is 11.6 Å². The average Bonchev–Trinajstić information content (AvgIpc) is 3.49. The number of anilines is 2. The summed E-state index contributed by atoms with van der Waals surface area (Å²) in [6.45, 7) is 0. The normalized spacial score (nSPS) is 26.9. The van der Waals surface area contributed by atoms with E-state index in [-0.39, 0.29) is 16.8 Å². The third-order valence-corrected chi connectivity index (χ3v) is 7.24. The largest absolute Gasteiger partial charge is 0.384 e. The van der Waals surface area contributed by atoms with Crippen LogP contribution in [0.4, 0.5) is 15.9 Å². The predicted octanol–water partition coefficient (Wildman–Crippen LogP) is 3.56. The lowest BCUT2D eigenvalue weighted by Gasteiger charge is -2.23. The van der Waals surface area contributed by atoms with Crippen LogP contribution in [0.5, 0.6) is 0 Å². The van der Waals surface area contributed by atoms with Gasteiger partial charge in [-0.1, -0.05) is 11.6 Å². The Balaban J connectivity index is 1.36. The van der Waals surface area contributed by atoms with E-state index in [1.54, 1.807) is 13.2 Å². The van der Waals surface area contributed by atoms with E-state index in [2.05, 4.69) is 20.6 Å². The molecular weight excluding hydrogens is 435 g/mol. The highest BCUT2D eigenvalue weighted by Crippen LogP contribution is 2.56. The molecule has 0 bridgehead atoms. The lowest BCUT2D eigenvalue weighted by Crippen LogP contribution is -2.23. The van der Waals surface area contributed by atoms with Gasteiger partial charge in [0.25, 0.3) is 5.91 Å². The number of carbonyl (C=O) groups is 1. The maximum absolute atomic E-state index is 13.5. The molecule has 2 aliphatic rings. The zero-order chi connectivity index (χ0) is 22.6. The number of aryl methyl sites for hydroxylation is 1. The molecule has 1 amide bonds. The highest BCUT2D eigenvalue weighted by Gasteiger charge is 2.51. The number of halogens is 2. The van der Waals surface area contributed by atoms with Gasteiger partial charge < -0.3 is 16.2 Å². The maximum Gasteiger partial charge on any atom is 0.261 e. The van der Waals surface area contributed by atoms with Crippen molar-refractivity contribution in [3.8, 4) is 0 Å². The fraction of sp³-hybridized carbons (Fsp3) is 0.409. The highest BCUT2D eigenvalue weighted by molar-refractivity contribution is 6.31. The van der Waals surface area contributed by atoms with Crippen LogP contribution in [0.25, 0.3) is 0 Å². The first-order valence-electron chi connectivity index (χ1n) is 10.6. The number of benzene rings is 1. The smallest absolute Gasteiger partial charge is 0.261 e. The molecule has 2 saturated carbocycles. The van der Waals surface area contributed by atoms with Crippen molar-refractivity contribution < 1.29 is 14.3 Å². The van der Waals surface area contributed by atoms with E-state index in [4.69, 9.17) is 17.3 Å². The molecular formula is C22H24ClFN6O2. The number of H-pyrrole nitrogens is 1. The summed E-state index contributed by atoms with van der Waals surface area (Å²) in [5, 5.41) is 25.2. The molecule has 2 fully saturated rings. The van der Waals surface area contributed by atoms with Gasteiger partial charge >= 0.3 is 0 Å². The number of hydrogen-bond donors (Lipinski definition) is 4. The first kappa shape index (κ1) is 21.0. The molecule has 0 spiro atoms.